The van der Waals surface area contributed by atoms with Crippen molar-refractivity contribution < 1.29 is 28.7 Å². The van der Waals surface area contributed by atoms with Crippen LogP contribution in [-0.4, -0.2) is 92.1 Å². The van der Waals surface area contributed by atoms with Crippen LogP contribution in [0.4, 0.5) is 5.69 Å². The van der Waals surface area contributed by atoms with Gasteiger partial charge in [-0.05, 0) is 24.1 Å². The zero-order valence-corrected chi connectivity index (χ0v) is 19.2. The molecule has 1 aromatic carbocycles. The van der Waals surface area contributed by atoms with Crippen LogP contribution < -0.4 is 10.6 Å². The predicted molar refractivity (Wildman–Crippen MR) is 121 cm³/mol. The van der Waals surface area contributed by atoms with E-state index >= 15 is 0 Å². The molecule has 0 aromatic heterocycles. The van der Waals surface area contributed by atoms with Crippen LogP contribution in [0.15, 0.2) is 24.3 Å². The van der Waals surface area contributed by atoms with E-state index in [0.29, 0.717) is 50.6 Å². The molecule has 2 heterocycles. The Hall–Kier alpha value is -2.98. The maximum absolute atomic E-state index is 12.7. The number of carbonyl (C=O) groups is 4. The first-order chi connectivity index (χ1) is 15.8. The number of hydrogen-bond donors (Lipinski definition) is 2. The van der Waals surface area contributed by atoms with E-state index in [2.05, 4.69) is 10.6 Å². The monoisotopic (exact) mass is 460 g/mol. The minimum atomic E-state index is -0.765. The third kappa shape index (κ3) is 7.26. The van der Waals surface area contributed by atoms with Crippen LogP contribution in [0, 0.1) is 5.92 Å². The van der Waals surface area contributed by atoms with Crippen molar-refractivity contribution in [3.05, 3.63) is 29.8 Å². The van der Waals surface area contributed by atoms with Crippen molar-refractivity contribution >= 4 is 29.4 Å². The first-order valence-corrected chi connectivity index (χ1v) is 11.3. The summed E-state index contributed by atoms with van der Waals surface area (Å²) in [6.07, 6.45) is -0.116. The number of nitrogens with zero attached hydrogens (tertiary/aromatic N) is 2. The Kier molecular flexibility index (Phi) is 8.79. The Balaban J connectivity index is 1.58. The topological polar surface area (TPSA) is 117 Å². The molecule has 0 radical (unpaired) electrons. The fourth-order valence-corrected chi connectivity index (χ4v) is 3.71. The molecule has 0 saturated carbocycles. The molecule has 1 aromatic rings. The van der Waals surface area contributed by atoms with Crippen LogP contribution in [0.25, 0.3) is 0 Å². The molecular formula is C23H32N4O6. The summed E-state index contributed by atoms with van der Waals surface area (Å²) in [5.41, 5.74) is 0.978. The van der Waals surface area contributed by atoms with Crippen LogP contribution in [-0.2, 0) is 23.9 Å². The van der Waals surface area contributed by atoms with Crippen molar-refractivity contribution in [3.8, 4) is 0 Å². The third-order valence-electron chi connectivity index (χ3n) is 5.42. The van der Waals surface area contributed by atoms with E-state index in [1.165, 1.54) is 0 Å². The molecule has 3 amide bonds. The van der Waals surface area contributed by atoms with Gasteiger partial charge in [0, 0.05) is 37.4 Å². The second-order valence-corrected chi connectivity index (χ2v) is 8.59. The zero-order chi connectivity index (χ0) is 23.8. The van der Waals surface area contributed by atoms with Gasteiger partial charge in [0.1, 0.15) is 6.04 Å². The Morgan fingerprint density at radius 2 is 1.97 bits per heavy atom. The molecule has 0 aliphatic carbocycles. The summed E-state index contributed by atoms with van der Waals surface area (Å²) in [5, 5.41) is 5.53. The fraction of sp³-hybridized carbons (Fsp3) is 0.565. The van der Waals surface area contributed by atoms with E-state index in [9.17, 15) is 19.2 Å². The summed E-state index contributed by atoms with van der Waals surface area (Å²) in [6, 6.07) is 6.00. The van der Waals surface area contributed by atoms with Crippen molar-refractivity contribution in [2.75, 3.05) is 57.9 Å². The van der Waals surface area contributed by atoms with Gasteiger partial charge < -0.3 is 25.0 Å². The molecule has 3 rings (SSSR count). The van der Waals surface area contributed by atoms with Gasteiger partial charge in [0.15, 0.2) is 0 Å². The van der Waals surface area contributed by atoms with Gasteiger partial charge in [0.2, 0.25) is 11.8 Å². The number of hydrogen-bond acceptors (Lipinski definition) is 7. The average molecular weight is 461 g/mol. The lowest BCUT2D eigenvalue weighted by molar-refractivity contribution is -0.149. The second kappa shape index (κ2) is 11.8. The van der Waals surface area contributed by atoms with E-state index in [4.69, 9.17) is 9.47 Å². The van der Waals surface area contributed by atoms with Crippen molar-refractivity contribution in [3.63, 3.8) is 0 Å². The fourth-order valence-electron chi connectivity index (χ4n) is 3.71. The highest BCUT2D eigenvalue weighted by molar-refractivity contribution is 5.98. The van der Waals surface area contributed by atoms with Crippen molar-refractivity contribution in [2.24, 2.45) is 5.92 Å². The Bertz CT molecular complexity index is 868. The molecule has 33 heavy (non-hydrogen) atoms. The summed E-state index contributed by atoms with van der Waals surface area (Å²) >= 11 is 0. The number of esters is 1. The molecule has 2 aliphatic rings. The first kappa shape index (κ1) is 24.7. The number of morpholine rings is 1. The number of rotatable bonds is 8. The Labute approximate surface area is 193 Å². The van der Waals surface area contributed by atoms with Crippen LogP contribution in [0.5, 0.6) is 0 Å². The highest BCUT2D eigenvalue weighted by Crippen LogP contribution is 2.15. The zero-order valence-electron chi connectivity index (χ0n) is 19.2. The number of benzene rings is 1. The Morgan fingerprint density at radius 3 is 2.70 bits per heavy atom. The minimum Gasteiger partial charge on any atom is -0.465 e. The number of ether oxygens (including phenoxy) is 2. The minimum absolute atomic E-state index is 0.0583. The molecular weight excluding hydrogens is 428 g/mol. The largest absolute Gasteiger partial charge is 0.465 e. The van der Waals surface area contributed by atoms with E-state index in [1.807, 2.05) is 13.8 Å². The van der Waals surface area contributed by atoms with Gasteiger partial charge in [-0.25, -0.2) is 0 Å². The summed E-state index contributed by atoms with van der Waals surface area (Å²) in [4.78, 5) is 53.3. The van der Waals surface area contributed by atoms with E-state index in [0.717, 1.165) is 0 Å². The lowest BCUT2D eigenvalue weighted by atomic mass is 10.1. The van der Waals surface area contributed by atoms with Gasteiger partial charge in [0.25, 0.3) is 5.91 Å². The van der Waals surface area contributed by atoms with Crippen molar-refractivity contribution in [1.82, 2.24) is 15.1 Å². The molecule has 180 valence electrons. The predicted octanol–water partition coefficient (Wildman–Crippen LogP) is 0.487. The third-order valence-corrected chi connectivity index (χ3v) is 5.42. The number of amides is 3. The lowest BCUT2D eigenvalue weighted by Gasteiger charge is -2.33. The molecule has 0 bridgehead atoms. The Morgan fingerprint density at radius 1 is 1.21 bits per heavy atom. The second-order valence-electron chi connectivity index (χ2n) is 8.59. The van der Waals surface area contributed by atoms with Crippen molar-refractivity contribution in [1.29, 1.82) is 0 Å². The molecule has 0 spiro atoms. The summed E-state index contributed by atoms with van der Waals surface area (Å²) in [7, 11) is 0. The van der Waals surface area contributed by atoms with Crippen LogP contribution in [0.3, 0.4) is 0 Å². The smallest absolute Gasteiger partial charge is 0.307 e. The van der Waals surface area contributed by atoms with Gasteiger partial charge >= 0.3 is 5.97 Å². The van der Waals surface area contributed by atoms with Crippen LogP contribution >= 0.6 is 0 Å². The SMILES string of the molecule is CC(C)COC(=O)CC1C(=O)NCCN1CC(=O)Nc1cccc(C(=O)N2CCOCC2)c1. The van der Waals surface area contributed by atoms with Crippen LogP contribution in [0.1, 0.15) is 30.6 Å². The van der Waals surface area contributed by atoms with E-state index in [1.54, 1.807) is 34.1 Å². The van der Waals surface area contributed by atoms with Gasteiger partial charge in [-0.1, -0.05) is 19.9 Å². The lowest BCUT2D eigenvalue weighted by Crippen LogP contribution is -2.57. The summed E-state index contributed by atoms with van der Waals surface area (Å²) in [5.74, 6) is -1.01. The highest BCUT2D eigenvalue weighted by atomic mass is 16.5. The number of carbonyl (C=O) groups excluding carboxylic acids is 4. The summed E-state index contributed by atoms with van der Waals surface area (Å²) in [6.45, 7) is 7.02. The molecule has 10 nitrogen and oxygen atoms in total. The van der Waals surface area contributed by atoms with E-state index in [-0.39, 0.29) is 43.2 Å². The summed E-state index contributed by atoms with van der Waals surface area (Å²) < 4.78 is 10.5. The first-order valence-electron chi connectivity index (χ1n) is 11.3. The molecule has 2 saturated heterocycles. The van der Waals surface area contributed by atoms with Gasteiger partial charge in [-0.3, -0.25) is 24.1 Å². The van der Waals surface area contributed by atoms with Gasteiger partial charge in [-0.15, -0.1) is 0 Å². The van der Waals surface area contributed by atoms with Gasteiger partial charge in [0.05, 0.1) is 32.8 Å². The standard InChI is InChI=1S/C23H32N4O6/c1-16(2)15-33-21(29)13-19-22(30)24-6-7-27(19)14-20(28)25-18-5-3-4-17(12-18)23(31)26-8-10-32-11-9-26/h3-5,12,16,19H,6-11,13-15H2,1-2H3,(H,24,30)(H,25,28). The van der Waals surface area contributed by atoms with E-state index < -0.39 is 12.0 Å². The maximum atomic E-state index is 12.7. The quantitative estimate of drug-likeness (QED) is 0.542. The van der Waals surface area contributed by atoms with Gasteiger partial charge in [-0.2, -0.15) is 0 Å². The highest BCUT2D eigenvalue weighted by Gasteiger charge is 2.33. The molecule has 2 fully saturated rings. The number of nitrogens with one attached hydrogen (secondary N) is 2. The molecule has 10 heteroatoms. The van der Waals surface area contributed by atoms with Crippen LogP contribution in [0.2, 0.25) is 0 Å². The normalized spacial score (nSPS) is 19.2. The molecule has 2 N–H and O–H groups in total. The average Bonchev–Trinajstić information content (AvgIpc) is 2.80. The maximum Gasteiger partial charge on any atom is 0.307 e. The molecule has 2 aliphatic heterocycles. The number of piperazine rings is 1. The molecule has 1 atom stereocenters. The number of anilines is 1. The van der Waals surface area contributed by atoms with Crippen molar-refractivity contribution in [2.45, 2.75) is 26.3 Å². The molecule has 1 unspecified atom stereocenters.